The van der Waals surface area contributed by atoms with Gasteiger partial charge in [-0.3, -0.25) is 9.78 Å². The third-order valence-electron chi connectivity index (χ3n) is 9.16. The van der Waals surface area contributed by atoms with Crippen LogP contribution in [0.25, 0.3) is 0 Å². The highest BCUT2D eigenvalue weighted by Gasteiger charge is 2.57. The van der Waals surface area contributed by atoms with E-state index in [0.717, 1.165) is 64.1 Å². The average molecular weight is 534 g/mol. The number of nitrogens with two attached hydrogens (primary N) is 2. The lowest BCUT2D eigenvalue weighted by Crippen LogP contribution is -3.00. The Morgan fingerprint density at radius 2 is 1.81 bits per heavy atom. The molecule has 198 valence electrons. The molecule has 3 aliphatic rings. The number of hydrogen-bond acceptors (Lipinski definition) is 2. The molecule has 2 saturated heterocycles. The van der Waals surface area contributed by atoms with E-state index in [9.17, 15) is 4.79 Å². The van der Waals surface area contributed by atoms with Crippen LogP contribution < -0.4 is 35.4 Å². The Morgan fingerprint density at radius 1 is 1.08 bits per heavy atom. The summed E-state index contributed by atoms with van der Waals surface area (Å²) in [6.07, 6.45) is 4.43. The van der Waals surface area contributed by atoms with E-state index in [1.807, 2.05) is 0 Å². The van der Waals surface area contributed by atoms with Gasteiger partial charge in [-0.25, -0.2) is 0 Å². The second-order valence-electron chi connectivity index (χ2n) is 10.9. The summed E-state index contributed by atoms with van der Waals surface area (Å²) >= 11 is 0. The van der Waals surface area contributed by atoms with Crippen molar-refractivity contribution in [2.45, 2.75) is 70.4 Å². The zero-order chi connectivity index (χ0) is 23.7. The molecule has 4 atom stereocenters. The molecular formula is C29H42Cl2N4O. The molecule has 5 nitrogen and oxygen atoms in total. The van der Waals surface area contributed by atoms with E-state index >= 15 is 0 Å². The quantitative estimate of drug-likeness (QED) is 0.413. The number of quaternary nitrogens is 2. The molecule has 3 aliphatic heterocycles. The average Bonchev–Trinajstić information content (AvgIpc) is 3.28. The number of aromatic nitrogens is 1. The van der Waals surface area contributed by atoms with Crippen molar-refractivity contribution in [3.8, 4) is 0 Å². The van der Waals surface area contributed by atoms with Crippen LogP contribution in [-0.4, -0.2) is 48.0 Å². The lowest BCUT2D eigenvalue weighted by molar-refractivity contribution is -0.691. The van der Waals surface area contributed by atoms with Crippen LogP contribution in [0.5, 0.6) is 0 Å². The van der Waals surface area contributed by atoms with Crippen molar-refractivity contribution < 1.29 is 40.2 Å². The van der Waals surface area contributed by atoms with Gasteiger partial charge in [0, 0.05) is 18.3 Å². The lowest BCUT2D eigenvalue weighted by Gasteiger charge is -2.46. The number of pyridine rings is 1. The molecule has 1 aromatic heterocycles. The largest absolute Gasteiger partial charge is 1.00 e. The van der Waals surface area contributed by atoms with E-state index in [1.54, 1.807) is 0 Å². The van der Waals surface area contributed by atoms with Crippen LogP contribution in [-0.2, 0) is 16.8 Å². The van der Waals surface area contributed by atoms with Crippen LogP contribution in [0.1, 0.15) is 68.0 Å². The zero-order valence-electron chi connectivity index (χ0n) is 21.9. The van der Waals surface area contributed by atoms with Crippen LogP contribution in [0.4, 0.5) is 0 Å². The first-order chi connectivity index (χ1) is 16.6. The Hall–Kier alpha value is -1.66. The molecule has 0 unspecified atom stereocenters. The molecule has 0 saturated carbocycles. The Morgan fingerprint density at radius 3 is 2.53 bits per heavy atom. The van der Waals surface area contributed by atoms with Crippen LogP contribution in [0, 0.1) is 18.8 Å². The van der Waals surface area contributed by atoms with Gasteiger partial charge in [0.15, 0.2) is 0 Å². The van der Waals surface area contributed by atoms with Crippen molar-refractivity contribution in [3.63, 3.8) is 0 Å². The number of aryl methyl sites for hydroxylation is 1. The number of carbonyl (C=O) groups is 1. The van der Waals surface area contributed by atoms with Gasteiger partial charge in [0.1, 0.15) is 17.9 Å². The maximum Gasteiger partial charge on any atom is 0.233 e. The first kappa shape index (κ1) is 28.9. The fourth-order valence-corrected chi connectivity index (χ4v) is 7.31. The summed E-state index contributed by atoms with van der Waals surface area (Å²) in [5.41, 5.74) is 4.95. The van der Waals surface area contributed by atoms with Gasteiger partial charge < -0.3 is 40.3 Å². The van der Waals surface area contributed by atoms with Gasteiger partial charge in [0.2, 0.25) is 5.91 Å². The minimum absolute atomic E-state index is 0. The summed E-state index contributed by atoms with van der Waals surface area (Å²) in [4.78, 5) is 21.6. The molecule has 5 rings (SSSR count). The van der Waals surface area contributed by atoms with E-state index in [-0.39, 0.29) is 36.1 Å². The molecule has 2 fully saturated rings. The van der Waals surface area contributed by atoms with Crippen molar-refractivity contribution in [2.75, 3.05) is 26.2 Å². The molecule has 0 radical (unpaired) electrons. The predicted octanol–water partition coefficient (Wildman–Crippen LogP) is -3.88. The number of benzene rings is 1. The molecule has 1 spiro atoms. The SMILES string of the molecule is CCC(CC)[C@@H]1C[C@H](c2ccccc2)CCN1C(=O)[C@@H]1C[NH2+]C[C@]12C[NH2+]Cc1nc(C)ccc12.[Cl-].[Cl-]. The van der Waals surface area contributed by atoms with E-state index in [2.05, 4.69) is 78.8 Å². The Labute approximate surface area is 229 Å². The highest BCUT2D eigenvalue weighted by molar-refractivity contribution is 5.82. The van der Waals surface area contributed by atoms with E-state index in [4.69, 9.17) is 4.98 Å². The number of hydrogen-bond donors (Lipinski definition) is 2. The first-order valence-electron chi connectivity index (χ1n) is 13.5. The van der Waals surface area contributed by atoms with E-state index in [1.165, 1.54) is 16.8 Å². The number of halogens is 2. The standard InChI is InChI=1S/C29H40N4O.2ClH/c1-4-21(5-2)27-15-23(22-9-7-6-8-10-22)13-14-33(27)28(34)25-16-30-18-29(25)19-31-17-26-24(29)12-11-20(3)32-26;;/h6-12,21,23,25,27,30-31H,4-5,13-19H2,1-3H3;2*1H/t23-,25+,27+,29-;;/m1../s1. The maximum absolute atomic E-state index is 14.4. The second-order valence-corrected chi connectivity index (χ2v) is 10.9. The van der Waals surface area contributed by atoms with Crippen molar-refractivity contribution in [1.29, 1.82) is 0 Å². The number of fused-ring (bicyclic) bond motifs is 2. The first-order valence-corrected chi connectivity index (χ1v) is 13.5. The summed E-state index contributed by atoms with van der Waals surface area (Å²) in [5, 5.41) is 4.77. The van der Waals surface area contributed by atoms with Crippen LogP contribution >= 0.6 is 0 Å². The van der Waals surface area contributed by atoms with Crippen molar-refractivity contribution in [1.82, 2.24) is 9.88 Å². The molecule has 0 bridgehead atoms. The summed E-state index contributed by atoms with van der Waals surface area (Å²) in [6.45, 7) is 11.4. The van der Waals surface area contributed by atoms with Gasteiger partial charge >= 0.3 is 0 Å². The van der Waals surface area contributed by atoms with E-state index < -0.39 is 0 Å². The number of amides is 1. The minimum atomic E-state index is -0.0971. The van der Waals surface area contributed by atoms with Crippen LogP contribution in [0.2, 0.25) is 0 Å². The fourth-order valence-electron chi connectivity index (χ4n) is 7.31. The van der Waals surface area contributed by atoms with Gasteiger partial charge in [-0.15, -0.1) is 0 Å². The Balaban J connectivity index is 0.00000180. The van der Waals surface area contributed by atoms with Crippen molar-refractivity contribution in [3.05, 3.63) is 65.0 Å². The molecule has 2 aromatic rings. The smallest absolute Gasteiger partial charge is 0.233 e. The molecule has 36 heavy (non-hydrogen) atoms. The molecular weight excluding hydrogens is 491 g/mol. The summed E-state index contributed by atoms with van der Waals surface area (Å²) < 4.78 is 0. The number of likely N-dealkylation sites (tertiary alicyclic amines) is 1. The molecule has 4 N–H and O–H groups in total. The van der Waals surface area contributed by atoms with Crippen LogP contribution in [0.3, 0.4) is 0 Å². The Kier molecular flexibility index (Phi) is 9.84. The van der Waals surface area contributed by atoms with Gasteiger partial charge in [-0.1, -0.05) is 63.1 Å². The highest BCUT2D eigenvalue weighted by atomic mass is 35.5. The summed E-state index contributed by atoms with van der Waals surface area (Å²) in [5.74, 6) is 1.55. The molecule has 1 amide bonds. The number of rotatable bonds is 5. The minimum Gasteiger partial charge on any atom is -1.00 e. The topological polar surface area (TPSA) is 66.4 Å². The molecule has 4 heterocycles. The van der Waals surface area contributed by atoms with Crippen molar-refractivity contribution in [2.24, 2.45) is 11.8 Å². The zero-order valence-corrected chi connectivity index (χ0v) is 23.4. The van der Waals surface area contributed by atoms with Crippen LogP contribution in [0.15, 0.2) is 42.5 Å². The van der Waals surface area contributed by atoms with Gasteiger partial charge in [0.25, 0.3) is 0 Å². The predicted molar refractivity (Wildman–Crippen MR) is 134 cm³/mol. The summed E-state index contributed by atoms with van der Waals surface area (Å²) in [6, 6.07) is 15.7. The van der Waals surface area contributed by atoms with E-state index in [0.29, 0.717) is 23.8 Å². The molecule has 1 aromatic carbocycles. The normalized spacial score (nSPS) is 27.3. The lowest BCUT2D eigenvalue weighted by atomic mass is 9.68. The second kappa shape index (κ2) is 12.3. The maximum atomic E-state index is 14.4. The highest BCUT2D eigenvalue weighted by Crippen LogP contribution is 2.41. The third-order valence-corrected chi connectivity index (χ3v) is 9.16. The summed E-state index contributed by atoms with van der Waals surface area (Å²) in [7, 11) is 0. The molecule has 0 aliphatic carbocycles. The molecule has 7 heteroatoms. The van der Waals surface area contributed by atoms with Gasteiger partial charge in [-0.2, -0.15) is 0 Å². The number of piperidine rings is 1. The monoisotopic (exact) mass is 532 g/mol. The number of nitrogens with zero attached hydrogens (tertiary/aromatic N) is 2. The Bertz CT molecular complexity index is 1020. The number of carbonyl (C=O) groups excluding carboxylic acids is 1. The van der Waals surface area contributed by atoms with Gasteiger partial charge in [-0.05, 0) is 48.8 Å². The fraction of sp³-hybridized carbons (Fsp3) is 0.586. The van der Waals surface area contributed by atoms with Crippen molar-refractivity contribution >= 4 is 5.91 Å². The third kappa shape index (κ3) is 5.18. The van der Waals surface area contributed by atoms with Gasteiger partial charge in [0.05, 0.1) is 25.3 Å².